The highest BCUT2D eigenvalue weighted by molar-refractivity contribution is 7.14. The summed E-state index contributed by atoms with van der Waals surface area (Å²) in [6.45, 7) is 5.64. The van der Waals surface area contributed by atoms with E-state index in [1.165, 1.54) is 17.8 Å². The molecule has 2 saturated heterocycles. The number of thiophene rings is 1. The molecule has 24 heavy (non-hydrogen) atoms. The average molecular weight is 350 g/mol. The molecule has 2 fully saturated rings. The number of hydrogen-bond acceptors (Lipinski definition) is 3. The summed E-state index contributed by atoms with van der Waals surface area (Å²) in [5.41, 5.74) is 0. The number of carbonyl (C=O) groups is 2. The second-order valence-corrected chi connectivity index (χ2v) is 7.99. The molecule has 3 heterocycles. The van der Waals surface area contributed by atoms with Gasteiger partial charge in [0.1, 0.15) is 0 Å². The molecule has 1 N–H and O–H groups in total. The van der Waals surface area contributed by atoms with Crippen LogP contribution in [0.15, 0.2) is 17.5 Å². The molecule has 2 aliphatic heterocycles. The Hall–Kier alpha value is -1.56. The Morgan fingerprint density at radius 3 is 2.38 bits per heavy atom. The minimum Gasteiger partial charge on any atom is -0.337 e. The van der Waals surface area contributed by atoms with E-state index < -0.39 is 0 Å². The Kier molecular flexibility index (Phi) is 5.43. The standard InChI is InChI=1S/C18H27N3O2S/c1-13-5-3-6-14(2)21(13)17(22)15-8-10-20(11-9-15)18(23)19-16-7-4-12-24-16/h4,7,12-15H,3,5-6,8-11H2,1-2H3,(H,19,23). The van der Waals surface area contributed by atoms with Crippen molar-refractivity contribution in [2.45, 2.75) is 58.0 Å². The van der Waals surface area contributed by atoms with Gasteiger partial charge in [-0.05, 0) is 63.5 Å². The maximum atomic E-state index is 12.9. The van der Waals surface area contributed by atoms with Crippen LogP contribution in [0.25, 0.3) is 0 Å². The van der Waals surface area contributed by atoms with Crippen LogP contribution in [0.4, 0.5) is 9.80 Å². The number of likely N-dealkylation sites (tertiary alicyclic amines) is 2. The zero-order valence-electron chi connectivity index (χ0n) is 14.5. The van der Waals surface area contributed by atoms with Gasteiger partial charge in [0.15, 0.2) is 0 Å². The van der Waals surface area contributed by atoms with Gasteiger partial charge in [-0.3, -0.25) is 10.1 Å². The number of nitrogens with one attached hydrogen (secondary N) is 1. The van der Waals surface area contributed by atoms with E-state index in [0.717, 1.165) is 30.7 Å². The van der Waals surface area contributed by atoms with Gasteiger partial charge in [-0.2, -0.15) is 0 Å². The third-order valence-electron chi connectivity index (χ3n) is 5.33. The summed E-state index contributed by atoms with van der Waals surface area (Å²) in [6.07, 6.45) is 4.98. The fourth-order valence-electron chi connectivity index (χ4n) is 3.93. The summed E-state index contributed by atoms with van der Waals surface area (Å²) >= 11 is 1.52. The van der Waals surface area contributed by atoms with Crippen molar-refractivity contribution in [1.29, 1.82) is 0 Å². The molecule has 0 spiro atoms. The van der Waals surface area contributed by atoms with Crippen molar-refractivity contribution in [1.82, 2.24) is 9.80 Å². The Labute approximate surface area is 148 Å². The fraction of sp³-hybridized carbons (Fsp3) is 0.667. The third-order valence-corrected chi connectivity index (χ3v) is 6.12. The van der Waals surface area contributed by atoms with E-state index in [4.69, 9.17) is 0 Å². The molecular weight excluding hydrogens is 322 g/mol. The first-order chi connectivity index (χ1) is 11.6. The lowest BCUT2D eigenvalue weighted by Gasteiger charge is -2.42. The Morgan fingerprint density at radius 2 is 1.79 bits per heavy atom. The average Bonchev–Trinajstić information content (AvgIpc) is 3.07. The van der Waals surface area contributed by atoms with Gasteiger partial charge in [-0.15, -0.1) is 11.3 Å². The Morgan fingerprint density at radius 1 is 1.12 bits per heavy atom. The number of hydrogen-bond donors (Lipinski definition) is 1. The number of anilines is 1. The first-order valence-corrected chi connectivity index (χ1v) is 9.86. The summed E-state index contributed by atoms with van der Waals surface area (Å²) in [4.78, 5) is 29.1. The van der Waals surface area contributed by atoms with E-state index in [1.807, 2.05) is 22.4 Å². The van der Waals surface area contributed by atoms with E-state index in [1.54, 1.807) is 0 Å². The summed E-state index contributed by atoms with van der Waals surface area (Å²) < 4.78 is 0. The predicted octanol–water partition coefficient (Wildman–Crippen LogP) is 3.78. The first-order valence-electron chi connectivity index (χ1n) is 8.98. The summed E-state index contributed by atoms with van der Waals surface area (Å²) in [7, 11) is 0. The van der Waals surface area contributed by atoms with E-state index in [0.29, 0.717) is 31.1 Å². The first kappa shape index (κ1) is 17.3. The largest absolute Gasteiger partial charge is 0.337 e. The summed E-state index contributed by atoms with van der Waals surface area (Å²) in [6, 6.07) is 4.47. The van der Waals surface area contributed by atoms with Gasteiger partial charge < -0.3 is 9.80 Å². The van der Waals surface area contributed by atoms with Crippen molar-refractivity contribution in [3.05, 3.63) is 17.5 Å². The molecule has 1 aromatic heterocycles. The molecule has 6 heteroatoms. The zero-order chi connectivity index (χ0) is 17.1. The predicted molar refractivity (Wildman–Crippen MR) is 97.3 cm³/mol. The van der Waals surface area contributed by atoms with Gasteiger partial charge in [0, 0.05) is 31.1 Å². The molecule has 2 unspecified atom stereocenters. The lowest BCUT2D eigenvalue weighted by atomic mass is 9.91. The minimum atomic E-state index is -0.0527. The quantitative estimate of drug-likeness (QED) is 0.883. The van der Waals surface area contributed by atoms with E-state index in [-0.39, 0.29) is 11.9 Å². The second-order valence-electron chi connectivity index (χ2n) is 7.04. The fourth-order valence-corrected chi connectivity index (χ4v) is 4.54. The number of urea groups is 1. The van der Waals surface area contributed by atoms with Crippen molar-refractivity contribution >= 4 is 28.3 Å². The summed E-state index contributed by atoms with van der Waals surface area (Å²) in [5, 5.41) is 5.74. The Bertz CT molecular complexity index is 557. The lowest BCUT2D eigenvalue weighted by Crippen LogP contribution is -2.52. The molecule has 3 amide bonds. The minimum absolute atomic E-state index is 0.0527. The smallest absolute Gasteiger partial charge is 0.322 e. The van der Waals surface area contributed by atoms with Crippen LogP contribution in [-0.4, -0.2) is 46.9 Å². The van der Waals surface area contributed by atoms with Crippen LogP contribution in [0.2, 0.25) is 0 Å². The van der Waals surface area contributed by atoms with Crippen molar-refractivity contribution in [3.63, 3.8) is 0 Å². The molecule has 0 radical (unpaired) electrons. The number of piperidine rings is 2. The van der Waals surface area contributed by atoms with Crippen LogP contribution in [0, 0.1) is 5.92 Å². The maximum absolute atomic E-state index is 12.9. The van der Waals surface area contributed by atoms with Crippen LogP contribution in [0.1, 0.15) is 46.0 Å². The van der Waals surface area contributed by atoms with Crippen LogP contribution < -0.4 is 5.32 Å². The molecule has 0 saturated carbocycles. The normalized spacial score (nSPS) is 25.6. The van der Waals surface area contributed by atoms with Crippen LogP contribution in [0.5, 0.6) is 0 Å². The van der Waals surface area contributed by atoms with Gasteiger partial charge in [0.25, 0.3) is 0 Å². The van der Waals surface area contributed by atoms with Crippen molar-refractivity contribution in [2.75, 3.05) is 18.4 Å². The second kappa shape index (κ2) is 7.55. The highest BCUT2D eigenvalue weighted by Crippen LogP contribution is 2.28. The van der Waals surface area contributed by atoms with Gasteiger partial charge >= 0.3 is 6.03 Å². The highest BCUT2D eigenvalue weighted by atomic mass is 32.1. The molecular formula is C18H27N3O2S. The third kappa shape index (κ3) is 3.74. The van der Waals surface area contributed by atoms with E-state index in [2.05, 4.69) is 24.1 Å². The van der Waals surface area contributed by atoms with Crippen LogP contribution in [-0.2, 0) is 4.79 Å². The number of carbonyl (C=O) groups excluding carboxylic acids is 2. The van der Waals surface area contributed by atoms with Crippen molar-refractivity contribution < 1.29 is 9.59 Å². The number of nitrogens with zero attached hydrogens (tertiary/aromatic N) is 2. The molecule has 2 aliphatic rings. The van der Waals surface area contributed by atoms with Gasteiger partial charge in [0.05, 0.1) is 5.00 Å². The lowest BCUT2D eigenvalue weighted by molar-refractivity contribution is -0.143. The number of rotatable bonds is 2. The van der Waals surface area contributed by atoms with Gasteiger partial charge in [-0.1, -0.05) is 0 Å². The molecule has 3 rings (SSSR count). The topological polar surface area (TPSA) is 52.7 Å². The van der Waals surface area contributed by atoms with Crippen LogP contribution in [0.3, 0.4) is 0 Å². The van der Waals surface area contributed by atoms with Crippen molar-refractivity contribution in [3.8, 4) is 0 Å². The molecule has 0 aliphatic carbocycles. The molecule has 0 bridgehead atoms. The molecule has 0 aromatic carbocycles. The van der Waals surface area contributed by atoms with E-state index in [9.17, 15) is 9.59 Å². The van der Waals surface area contributed by atoms with Crippen molar-refractivity contribution in [2.24, 2.45) is 5.92 Å². The zero-order valence-corrected chi connectivity index (χ0v) is 15.3. The van der Waals surface area contributed by atoms with E-state index >= 15 is 0 Å². The van der Waals surface area contributed by atoms with Gasteiger partial charge in [-0.25, -0.2) is 4.79 Å². The SMILES string of the molecule is CC1CCCC(C)N1C(=O)C1CCN(C(=O)Nc2cccs2)CC1. The monoisotopic (exact) mass is 349 g/mol. The van der Waals surface area contributed by atoms with Crippen LogP contribution >= 0.6 is 11.3 Å². The number of amides is 3. The molecule has 1 aromatic rings. The highest BCUT2D eigenvalue weighted by Gasteiger charge is 2.35. The molecule has 132 valence electrons. The molecule has 5 nitrogen and oxygen atoms in total. The molecule has 2 atom stereocenters. The summed E-state index contributed by atoms with van der Waals surface area (Å²) in [5.74, 6) is 0.367. The Balaban J connectivity index is 1.52. The maximum Gasteiger partial charge on any atom is 0.322 e. The van der Waals surface area contributed by atoms with Gasteiger partial charge in [0.2, 0.25) is 5.91 Å².